The number of hydrogen-bond acceptors (Lipinski definition) is 2. The van der Waals surface area contributed by atoms with E-state index in [-0.39, 0.29) is 11.3 Å². The highest BCUT2D eigenvalue weighted by atomic mass is 19.1. The summed E-state index contributed by atoms with van der Waals surface area (Å²) in [4.78, 5) is 0. The first-order valence-corrected chi connectivity index (χ1v) is 5.26. The van der Waals surface area contributed by atoms with Crippen LogP contribution >= 0.6 is 0 Å². The fourth-order valence-corrected chi connectivity index (χ4v) is 1.38. The second-order valence-electron chi connectivity index (χ2n) is 3.63. The second-order valence-corrected chi connectivity index (χ2v) is 3.63. The molecule has 0 saturated heterocycles. The third kappa shape index (κ3) is 3.09. The molecule has 2 aromatic rings. The van der Waals surface area contributed by atoms with E-state index in [4.69, 9.17) is 0 Å². The molecule has 0 amide bonds. The zero-order valence-electron chi connectivity index (χ0n) is 9.50. The predicted octanol–water partition coefficient (Wildman–Crippen LogP) is 3.69. The fraction of sp³-hybridized carbons (Fsp3) is 0. The Balaban J connectivity index is 2.16. The van der Waals surface area contributed by atoms with Crippen LogP contribution in [0.3, 0.4) is 0 Å². The molecule has 0 radical (unpaired) electrons. The maximum Gasteiger partial charge on any atom is 0.151 e. The molecule has 2 aromatic carbocycles. The van der Waals surface area contributed by atoms with Crippen molar-refractivity contribution in [2.24, 2.45) is 5.10 Å². The van der Waals surface area contributed by atoms with Crippen molar-refractivity contribution in [1.82, 2.24) is 0 Å². The highest BCUT2D eigenvalue weighted by Crippen LogP contribution is 2.15. The molecule has 0 aromatic heterocycles. The van der Waals surface area contributed by atoms with Crippen LogP contribution < -0.4 is 5.43 Å². The van der Waals surface area contributed by atoms with Gasteiger partial charge in [0.05, 0.1) is 17.5 Å². The fourth-order valence-electron chi connectivity index (χ4n) is 1.38. The van der Waals surface area contributed by atoms with Crippen molar-refractivity contribution in [3.63, 3.8) is 0 Å². The monoisotopic (exact) mass is 268 g/mol. The van der Waals surface area contributed by atoms with Gasteiger partial charge >= 0.3 is 0 Å². The molecular formula is C13H8F4N2. The minimum Gasteiger partial charge on any atom is -0.276 e. The molecular weight excluding hydrogens is 260 g/mol. The van der Waals surface area contributed by atoms with Crippen molar-refractivity contribution in [3.05, 3.63) is 65.2 Å². The Hall–Kier alpha value is -2.37. The Morgan fingerprint density at radius 3 is 2.21 bits per heavy atom. The number of halogens is 4. The van der Waals surface area contributed by atoms with Crippen molar-refractivity contribution < 1.29 is 17.6 Å². The van der Waals surface area contributed by atoms with Crippen LogP contribution in [0.25, 0.3) is 0 Å². The smallest absolute Gasteiger partial charge is 0.151 e. The first-order valence-electron chi connectivity index (χ1n) is 5.26. The topological polar surface area (TPSA) is 24.4 Å². The van der Waals surface area contributed by atoms with Crippen LogP contribution in [0.15, 0.2) is 41.5 Å². The van der Waals surface area contributed by atoms with Crippen LogP contribution in [0, 0.1) is 23.3 Å². The molecule has 0 atom stereocenters. The van der Waals surface area contributed by atoms with E-state index in [1.54, 1.807) is 0 Å². The van der Waals surface area contributed by atoms with E-state index < -0.39 is 23.3 Å². The third-order valence-electron chi connectivity index (χ3n) is 2.31. The van der Waals surface area contributed by atoms with Gasteiger partial charge in [-0.15, -0.1) is 0 Å². The van der Waals surface area contributed by atoms with E-state index in [0.29, 0.717) is 6.07 Å². The van der Waals surface area contributed by atoms with Crippen LogP contribution in [-0.2, 0) is 0 Å². The zero-order chi connectivity index (χ0) is 13.8. The van der Waals surface area contributed by atoms with Gasteiger partial charge in [0.15, 0.2) is 5.82 Å². The van der Waals surface area contributed by atoms with Gasteiger partial charge in [0.2, 0.25) is 0 Å². The van der Waals surface area contributed by atoms with Crippen molar-refractivity contribution in [1.29, 1.82) is 0 Å². The van der Waals surface area contributed by atoms with E-state index in [2.05, 4.69) is 10.5 Å². The molecule has 0 unspecified atom stereocenters. The SMILES string of the molecule is Fc1ccc(N/N=C\c2c(F)cccc2F)c(F)c1. The van der Waals surface area contributed by atoms with Crippen LogP contribution in [0.2, 0.25) is 0 Å². The lowest BCUT2D eigenvalue weighted by Gasteiger charge is -2.02. The molecule has 0 aliphatic rings. The van der Waals surface area contributed by atoms with Gasteiger partial charge in [-0.3, -0.25) is 5.43 Å². The van der Waals surface area contributed by atoms with Crippen LogP contribution in [0.5, 0.6) is 0 Å². The molecule has 0 aliphatic carbocycles. The molecule has 98 valence electrons. The molecule has 0 bridgehead atoms. The number of nitrogens with zero attached hydrogens (tertiary/aromatic N) is 1. The Kier molecular flexibility index (Phi) is 3.79. The summed E-state index contributed by atoms with van der Waals surface area (Å²) in [7, 11) is 0. The van der Waals surface area contributed by atoms with Crippen molar-refractivity contribution in [3.8, 4) is 0 Å². The average molecular weight is 268 g/mol. The Bertz CT molecular complexity index is 606. The predicted molar refractivity (Wildman–Crippen MR) is 63.9 cm³/mol. The molecule has 6 heteroatoms. The summed E-state index contributed by atoms with van der Waals surface area (Å²) in [5.41, 5.74) is 1.79. The summed E-state index contributed by atoms with van der Waals surface area (Å²) >= 11 is 0. The number of hydrazone groups is 1. The highest BCUT2D eigenvalue weighted by Gasteiger charge is 2.05. The van der Waals surface area contributed by atoms with E-state index >= 15 is 0 Å². The highest BCUT2D eigenvalue weighted by molar-refractivity contribution is 5.80. The Labute approximate surface area is 106 Å². The van der Waals surface area contributed by atoms with Crippen LogP contribution in [-0.4, -0.2) is 6.21 Å². The van der Waals surface area contributed by atoms with Gasteiger partial charge in [0.25, 0.3) is 0 Å². The Morgan fingerprint density at radius 2 is 1.58 bits per heavy atom. The maximum atomic E-state index is 13.2. The van der Waals surface area contributed by atoms with Gasteiger partial charge in [-0.05, 0) is 24.3 Å². The summed E-state index contributed by atoms with van der Waals surface area (Å²) < 4.78 is 52.3. The van der Waals surface area contributed by atoms with E-state index in [9.17, 15) is 17.6 Å². The quantitative estimate of drug-likeness (QED) is 0.512. The molecule has 19 heavy (non-hydrogen) atoms. The van der Waals surface area contributed by atoms with Gasteiger partial charge < -0.3 is 0 Å². The van der Waals surface area contributed by atoms with Crippen molar-refractivity contribution >= 4 is 11.9 Å². The number of rotatable bonds is 3. The first-order chi connectivity index (χ1) is 9.08. The zero-order valence-corrected chi connectivity index (χ0v) is 9.50. The lowest BCUT2D eigenvalue weighted by Crippen LogP contribution is -1.98. The minimum absolute atomic E-state index is 0.102. The van der Waals surface area contributed by atoms with Crippen LogP contribution in [0.4, 0.5) is 23.2 Å². The third-order valence-corrected chi connectivity index (χ3v) is 2.31. The summed E-state index contributed by atoms with van der Waals surface area (Å²) in [6.07, 6.45) is 0.882. The number of anilines is 1. The number of hydrogen-bond donors (Lipinski definition) is 1. The van der Waals surface area contributed by atoms with Gasteiger partial charge in [0, 0.05) is 6.07 Å². The van der Waals surface area contributed by atoms with E-state index in [0.717, 1.165) is 30.5 Å². The first kappa shape index (κ1) is 13.1. The summed E-state index contributed by atoms with van der Waals surface area (Å²) in [6.45, 7) is 0. The van der Waals surface area contributed by atoms with Gasteiger partial charge in [-0.1, -0.05) is 6.07 Å². The molecule has 0 saturated carbocycles. The van der Waals surface area contributed by atoms with E-state index in [1.807, 2.05) is 0 Å². The molecule has 2 rings (SSSR count). The largest absolute Gasteiger partial charge is 0.276 e. The summed E-state index contributed by atoms with van der Waals surface area (Å²) in [5.74, 6) is -3.16. The van der Waals surface area contributed by atoms with Crippen molar-refractivity contribution in [2.75, 3.05) is 5.43 Å². The summed E-state index contributed by atoms with van der Waals surface area (Å²) in [6, 6.07) is 6.19. The molecule has 0 fully saturated rings. The average Bonchev–Trinajstić information content (AvgIpc) is 2.35. The molecule has 2 nitrogen and oxygen atoms in total. The van der Waals surface area contributed by atoms with Gasteiger partial charge in [0.1, 0.15) is 17.5 Å². The standard InChI is InChI=1S/C13H8F4N2/c14-8-4-5-13(12(17)6-8)19-18-7-9-10(15)2-1-3-11(9)16/h1-7,19H/b18-7-. The Morgan fingerprint density at radius 1 is 0.895 bits per heavy atom. The van der Waals surface area contributed by atoms with Gasteiger partial charge in [-0.25, -0.2) is 17.6 Å². The second kappa shape index (κ2) is 5.51. The molecule has 0 aliphatic heterocycles. The molecule has 0 heterocycles. The summed E-state index contributed by atoms with van der Waals surface area (Å²) in [5, 5.41) is 3.51. The van der Waals surface area contributed by atoms with Gasteiger partial charge in [-0.2, -0.15) is 5.10 Å². The van der Waals surface area contributed by atoms with Crippen LogP contribution in [0.1, 0.15) is 5.56 Å². The van der Waals surface area contributed by atoms with E-state index in [1.165, 1.54) is 6.07 Å². The number of nitrogens with one attached hydrogen (secondary N) is 1. The minimum atomic E-state index is -0.855. The normalized spacial score (nSPS) is 10.9. The number of benzene rings is 2. The lowest BCUT2D eigenvalue weighted by molar-refractivity contribution is 0.580. The maximum absolute atomic E-state index is 13.2. The van der Waals surface area contributed by atoms with Crippen molar-refractivity contribution in [2.45, 2.75) is 0 Å². The molecule has 1 N–H and O–H groups in total. The molecule has 0 spiro atoms. The lowest BCUT2D eigenvalue weighted by atomic mass is 10.2.